The first-order chi connectivity index (χ1) is 7.56. The summed E-state index contributed by atoms with van der Waals surface area (Å²) < 4.78 is 0. The summed E-state index contributed by atoms with van der Waals surface area (Å²) in [5, 5.41) is 0. The standard InChI is InChI=1S/C10H21N3O3Si/c1-5(8(11)14)17(4,6(2)9(12)15)7(3)10(13)16/h5-7H,1-4H3,(H2,11,14)(H2,12,15)(H2,13,16). The summed E-state index contributed by atoms with van der Waals surface area (Å²) in [7, 11) is -2.67. The lowest BCUT2D eigenvalue weighted by molar-refractivity contribution is -0.118. The molecule has 0 aliphatic heterocycles. The van der Waals surface area contributed by atoms with Crippen molar-refractivity contribution in [3.8, 4) is 0 Å². The van der Waals surface area contributed by atoms with E-state index in [1.807, 2.05) is 0 Å². The molecule has 6 nitrogen and oxygen atoms in total. The molecule has 0 saturated heterocycles. The lowest BCUT2D eigenvalue weighted by Gasteiger charge is -2.39. The van der Waals surface area contributed by atoms with Gasteiger partial charge in [0.05, 0.1) is 8.07 Å². The minimum Gasteiger partial charge on any atom is -0.370 e. The van der Waals surface area contributed by atoms with Gasteiger partial charge in [-0.1, -0.05) is 27.3 Å². The van der Waals surface area contributed by atoms with Crippen molar-refractivity contribution in [2.45, 2.75) is 43.9 Å². The number of amides is 3. The highest BCUT2D eigenvalue weighted by molar-refractivity contribution is 6.89. The fourth-order valence-electron chi connectivity index (χ4n) is 2.04. The number of hydrogen-bond acceptors (Lipinski definition) is 3. The third kappa shape index (κ3) is 2.85. The van der Waals surface area contributed by atoms with Gasteiger partial charge in [-0.15, -0.1) is 0 Å². The maximum Gasteiger partial charge on any atom is 0.217 e. The van der Waals surface area contributed by atoms with Gasteiger partial charge in [-0.25, -0.2) is 0 Å². The summed E-state index contributed by atoms with van der Waals surface area (Å²) in [6, 6.07) is 0. The molecular weight excluding hydrogens is 238 g/mol. The van der Waals surface area contributed by atoms with E-state index in [-0.39, 0.29) is 0 Å². The topological polar surface area (TPSA) is 129 Å². The van der Waals surface area contributed by atoms with Crippen LogP contribution in [0.25, 0.3) is 0 Å². The summed E-state index contributed by atoms with van der Waals surface area (Å²) in [5.41, 5.74) is 14.2. The zero-order valence-electron chi connectivity index (χ0n) is 10.7. The van der Waals surface area contributed by atoms with Crippen LogP contribution in [-0.2, 0) is 14.4 Å². The average molecular weight is 259 g/mol. The van der Waals surface area contributed by atoms with Crippen LogP contribution in [0, 0.1) is 0 Å². The van der Waals surface area contributed by atoms with E-state index in [0.29, 0.717) is 0 Å². The van der Waals surface area contributed by atoms with Crippen LogP contribution >= 0.6 is 0 Å². The zero-order valence-corrected chi connectivity index (χ0v) is 11.7. The van der Waals surface area contributed by atoms with Crippen molar-refractivity contribution in [1.29, 1.82) is 0 Å². The molecule has 0 spiro atoms. The molecule has 0 aliphatic carbocycles. The van der Waals surface area contributed by atoms with Crippen molar-refractivity contribution in [3.63, 3.8) is 0 Å². The SMILES string of the molecule is CC(C(N)=O)[Si](C)(C(C)C(N)=O)C(C)C(N)=O. The smallest absolute Gasteiger partial charge is 0.217 e. The van der Waals surface area contributed by atoms with Crippen LogP contribution < -0.4 is 17.2 Å². The molecule has 7 heteroatoms. The molecule has 0 radical (unpaired) electrons. The van der Waals surface area contributed by atoms with Crippen molar-refractivity contribution in [2.75, 3.05) is 0 Å². The third-order valence-electron chi connectivity index (χ3n) is 4.08. The third-order valence-corrected chi connectivity index (χ3v) is 10.5. The van der Waals surface area contributed by atoms with Gasteiger partial charge in [0.2, 0.25) is 17.7 Å². The molecular formula is C10H21N3O3Si. The molecule has 6 N–H and O–H groups in total. The summed E-state index contributed by atoms with van der Waals surface area (Å²) in [6.45, 7) is 6.67. The Morgan fingerprint density at radius 3 is 1.06 bits per heavy atom. The van der Waals surface area contributed by atoms with E-state index in [1.54, 1.807) is 27.3 Å². The Bertz CT molecular complexity index is 295. The number of primary amides is 3. The molecule has 0 fully saturated rings. The summed E-state index contributed by atoms with van der Waals surface area (Å²) >= 11 is 0. The Morgan fingerprint density at radius 2 is 0.941 bits per heavy atom. The number of nitrogens with two attached hydrogens (primary N) is 3. The highest BCUT2D eigenvalue weighted by Crippen LogP contribution is 2.41. The minimum absolute atomic E-state index is 0.527. The molecule has 98 valence electrons. The highest BCUT2D eigenvalue weighted by atomic mass is 28.3. The number of carbonyl (C=O) groups is 3. The molecule has 0 bridgehead atoms. The quantitative estimate of drug-likeness (QED) is 0.566. The molecule has 17 heavy (non-hydrogen) atoms. The first-order valence-electron chi connectivity index (χ1n) is 5.44. The summed E-state index contributed by atoms with van der Waals surface area (Å²) in [4.78, 5) is 34.1. The van der Waals surface area contributed by atoms with Gasteiger partial charge in [0.1, 0.15) is 0 Å². The maximum absolute atomic E-state index is 11.4. The predicted molar refractivity (Wildman–Crippen MR) is 67.5 cm³/mol. The van der Waals surface area contributed by atoms with Crippen molar-refractivity contribution >= 4 is 25.8 Å². The molecule has 0 aliphatic rings. The van der Waals surface area contributed by atoms with Crippen LogP contribution in [0.3, 0.4) is 0 Å². The van der Waals surface area contributed by atoms with E-state index >= 15 is 0 Å². The van der Waals surface area contributed by atoms with Gasteiger partial charge >= 0.3 is 0 Å². The van der Waals surface area contributed by atoms with Gasteiger partial charge in [-0.05, 0) is 0 Å². The van der Waals surface area contributed by atoms with E-state index in [1.165, 1.54) is 0 Å². The average Bonchev–Trinajstić information content (AvgIpc) is 2.24. The van der Waals surface area contributed by atoms with Crippen molar-refractivity contribution in [2.24, 2.45) is 17.2 Å². The first kappa shape index (κ1) is 15.6. The number of rotatable bonds is 6. The van der Waals surface area contributed by atoms with E-state index < -0.39 is 42.4 Å². The van der Waals surface area contributed by atoms with Crippen LogP contribution in [0.15, 0.2) is 0 Å². The van der Waals surface area contributed by atoms with Gasteiger partial charge in [-0.3, -0.25) is 14.4 Å². The van der Waals surface area contributed by atoms with Crippen LogP contribution in [0.5, 0.6) is 0 Å². The van der Waals surface area contributed by atoms with E-state index in [0.717, 1.165) is 0 Å². The fourth-order valence-corrected chi connectivity index (χ4v) is 6.13. The normalized spacial score (nSPS) is 19.8. The highest BCUT2D eigenvalue weighted by Gasteiger charge is 2.50. The molecule has 0 rings (SSSR count). The minimum atomic E-state index is -2.67. The Morgan fingerprint density at radius 1 is 0.765 bits per heavy atom. The molecule has 3 amide bonds. The van der Waals surface area contributed by atoms with Crippen LogP contribution in [0.1, 0.15) is 20.8 Å². The summed E-state index contributed by atoms with van der Waals surface area (Å²) in [5.74, 6) is -1.58. The number of carbonyl (C=O) groups excluding carboxylic acids is 3. The molecule has 0 aromatic rings. The lowest BCUT2D eigenvalue weighted by Crippen LogP contribution is -2.54. The fraction of sp³-hybridized carbons (Fsp3) is 0.700. The van der Waals surface area contributed by atoms with Crippen molar-refractivity contribution in [1.82, 2.24) is 0 Å². The van der Waals surface area contributed by atoms with Gasteiger partial charge in [-0.2, -0.15) is 0 Å². The Labute approximate surface area is 102 Å². The second kappa shape index (κ2) is 5.31. The molecule has 3 unspecified atom stereocenters. The second-order valence-electron chi connectivity index (χ2n) is 4.74. The predicted octanol–water partition coefficient (Wildman–Crippen LogP) is -0.309. The van der Waals surface area contributed by atoms with Crippen LogP contribution in [-0.4, -0.2) is 25.8 Å². The molecule has 3 atom stereocenters. The first-order valence-corrected chi connectivity index (χ1v) is 8.17. The molecule has 0 aromatic heterocycles. The van der Waals surface area contributed by atoms with E-state index in [2.05, 4.69) is 0 Å². The van der Waals surface area contributed by atoms with Gasteiger partial charge < -0.3 is 17.2 Å². The molecule has 0 saturated carbocycles. The van der Waals surface area contributed by atoms with Crippen LogP contribution in [0.4, 0.5) is 0 Å². The van der Waals surface area contributed by atoms with Crippen molar-refractivity contribution in [3.05, 3.63) is 0 Å². The van der Waals surface area contributed by atoms with Gasteiger partial charge in [0.15, 0.2) is 0 Å². The van der Waals surface area contributed by atoms with E-state index in [4.69, 9.17) is 17.2 Å². The van der Waals surface area contributed by atoms with Gasteiger partial charge in [0.25, 0.3) is 0 Å². The largest absolute Gasteiger partial charge is 0.370 e. The maximum atomic E-state index is 11.4. The lowest BCUT2D eigenvalue weighted by atomic mass is 10.4. The van der Waals surface area contributed by atoms with Crippen LogP contribution in [0.2, 0.25) is 23.2 Å². The molecule has 0 heterocycles. The zero-order chi connectivity index (χ0) is 14.0. The summed E-state index contributed by atoms with van der Waals surface area (Å²) in [6.07, 6.45) is 0. The Kier molecular flexibility index (Phi) is 4.88. The monoisotopic (exact) mass is 259 g/mol. The second-order valence-corrected chi connectivity index (χ2v) is 10.1. The molecule has 0 aromatic carbocycles. The Hall–Kier alpha value is -1.37. The number of hydrogen-bond donors (Lipinski definition) is 3. The van der Waals surface area contributed by atoms with Gasteiger partial charge in [0, 0.05) is 16.6 Å². The Balaban J connectivity index is 5.58. The van der Waals surface area contributed by atoms with E-state index in [9.17, 15) is 14.4 Å². The van der Waals surface area contributed by atoms with Crippen molar-refractivity contribution < 1.29 is 14.4 Å².